The summed E-state index contributed by atoms with van der Waals surface area (Å²) < 4.78 is 10.6. The van der Waals surface area contributed by atoms with Crippen LogP contribution in [0.1, 0.15) is 12.7 Å². The van der Waals surface area contributed by atoms with Gasteiger partial charge in [0.2, 0.25) is 0 Å². The number of hydrogen-bond acceptors (Lipinski definition) is 4. The Bertz CT molecular complexity index is 504. The lowest BCUT2D eigenvalue weighted by molar-refractivity contribution is 0.0537. The number of nitrogens with zero attached hydrogens (tertiary/aromatic N) is 1. The van der Waals surface area contributed by atoms with Crippen molar-refractivity contribution in [2.45, 2.75) is 13.3 Å². The summed E-state index contributed by atoms with van der Waals surface area (Å²) in [6.07, 6.45) is -1.03. The van der Waals surface area contributed by atoms with E-state index in [-0.39, 0.29) is 0 Å². The number of nitrogens with one attached hydrogen (secondary N) is 1. The third kappa shape index (κ3) is 7.28. The van der Waals surface area contributed by atoms with E-state index in [1.54, 1.807) is 0 Å². The molecule has 0 radical (unpaired) electrons. The van der Waals surface area contributed by atoms with E-state index in [2.05, 4.69) is 9.97 Å². The van der Waals surface area contributed by atoms with E-state index >= 15 is 0 Å². The molecule has 0 fully saturated rings. The van der Waals surface area contributed by atoms with Gasteiger partial charge in [0.1, 0.15) is 5.82 Å². The van der Waals surface area contributed by atoms with Gasteiger partial charge in [0, 0.05) is 13.0 Å². The van der Waals surface area contributed by atoms with Crippen LogP contribution in [0.2, 0.25) is 0 Å². The number of H-pyrrole nitrogens is 1. The summed E-state index contributed by atoms with van der Waals surface area (Å²) in [5.41, 5.74) is 2.09. The van der Waals surface area contributed by atoms with E-state index in [1.165, 1.54) is 0 Å². The molecule has 0 amide bonds. The number of carbonyl (C=O) groups is 1. The van der Waals surface area contributed by atoms with Gasteiger partial charge in [0.05, 0.1) is 30.9 Å². The Morgan fingerprint density at radius 2 is 1.86 bits per heavy atom. The zero-order valence-corrected chi connectivity index (χ0v) is 11.9. The van der Waals surface area contributed by atoms with Crippen LogP contribution in [0.3, 0.4) is 0 Å². The van der Waals surface area contributed by atoms with Crippen molar-refractivity contribution in [1.82, 2.24) is 9.97 Å². The molecule has 2 rings (SSSR count). The summed E-state index contributed by atoms with van der Waals surface area (Å²) in [5.74, 6) is 0.975. The maximum Gasteiger partial charge on any atom is 0.503 e. The summed E-state index contributed by atoms with van der Waals surface area (Å²) in [4.78, 5) is 16.3. The molecule has 0 aliphatic heterocycles. The molecule has 1 aromatic carbocycles. The molecule has 0 spiro atoms. The van der Waals surface area contributed by atoms with Crippen molar-refractivity contribution in [2.75, 3.05) is 26.4 Å². The highest BCUT2D eigenvalue weighted by atomic mass is 16.6. The first-order valence-electron chi connectivity index (χ1n) is 6.64. The highest BCUT2D eigenvalue weighted by molar-refractivity contribution is 5.74. The fourth-order valence-corrected chi connectivity index (χ4v) is 1.66. The number of aromatic amines is 1. The van der Waals surface area contributed by atoms with Gasteiger partial charge in [-0.3, -0.25) is 0 Å². The predicted octanol–water partition coefficient (Wildman–Crippen LogP) is 2.38. The number of fused-ring (bicyclic) bond motifs is 1. The van der Waals surface area contributed by atoms with Gasteiger partial charge in [-0.05, 0) is 19.1 Å². The van der Waals surface area contributed by atoms with Crippen LogP contribution in [0, 0.1) is 0 Å². The molecule has 0 saturated heterocycles. The number of benzene rings is 1. The molecule has 21 heavy (non-hydrogen) atoms. The van der Waals surface area contributed by atoms with Crippen LogP contribution in [-0.2, 0) is 15.9 Å². The summed E-state index contributed by atoms with van der Waals surface area (Å²) >= 11 is 0. The zero-order valence-electron chi connectivity index (χ0n) is 11.9. The number of carboxylic acid groups (broad SMARTS) is 2. The van der Waals surface area contributed by atoms with Crippen LogP contribution in [0.15, 0.2) is 24.3 Å². The molecule has 0 aliphatic rings. The number of hydrogen-bond donors (Lipinski definition) is 3. The van der Waals surface area contributed by atoms with Gasteiger partial charge in [-0.1, -0.05) is 12.1 Å². The monoisotopic (exact) mass is 296 g/mol. The number of rotatable bonds is 7. The Morgan fingerprint density at radius 1 is 1.19 bits per heavy atom. The molecule has 7 nitrogen and oxygen atoms in total. The fourth-order valence-electron chi connectivity index (χ4n) is 1.66. The third-order valence-corrected chi connectivity index (χ3v) is 2.50. The second-order valence-corrected chi connectivity index (χ2v) is 4.04. The molecule has 1 heterocycles. The van der Waals surface area contributed by atoms with Crippen LogP contribution in [0.4, 0.5) is 4.79 Å². The second-order valence-electron chi connectivity index (χ2n) is 4.04. The van der Waals surface area contributed by atoms with Crippen LogP contribution in [-0.4, -0.2) is 52.8 Å². The van der Waals surface area contributed by atoms with Gasteiger partial charge in [0.25, 0.3) is 0 Å². The highest BCUT2D eigenvalue weighted by Crippen LogP contribution is 2.10. The molecule has 3 N–H and O–H groups in total. The van der Waals surface area contributed by atoms with Crippen molar-refractivity contribution in [3.05, 3.63) is 30.1 Å². The lowest BCUT2D eigenvalue weighted by atomic mass is 10.3. The smallest absolute Gasteiger partial charge is 0.450 e. The topological polar surface area (TPSA) is 105 Å². The Morgan fingerprint density at radius 3 is 2.52 bits per heavy atom. The maximum atomic E-state index is 8.56. The average molecular weight is 296 g/mol. The van der Waals surface area contributed by atoms with Crippen LogP contribution in [0.25, 0.3) is 11.0 Å². The normalized spacial score (nSPS) is 10.1. The molecular formula is C14H20N2O5. The number of aromatic nitrogens is 2. The zero-order chi connectivity index (χ0) is 15.5. The SMILES string of the molecule is CCOCCOCCc1nc2ccccc2[nH]1.O=C(O)O. The molecule has 0 bridgehead atoms. The highest BCUT2D eigenvalue weighted by Gasteiger charge is 2.01. The van der Waals surface area contributed by atoms with Gasteiger partial charge in [-0.25, -0.2) is 9.78 Å². The minimum atomic E-state index is -1.83. The molecule has 0 saturated carbocycles. The van der Waals surface area contributed by atoms with Crippen LogP contribution >= 0.6 is 0 Å². The molecule has 0 atom stereocenters. The van der Waals surface area contributed by atoms with Gasteiger partial charge in [0.15, 0.2) is 0 Å². The van der Waals surface area contributed by atoms with E-state index in [1.807, 2.05) is 31.2 Å². The third-order valence-electron chi connectivity index (χ3n) is 2.50. The fraction of sp³-hybridized carbons (Fsp3) is 0.429. The van der Waals surface area contributed by atoms with Crippen molar-refractivity contribution >= 4 is 17.2 Å². The van der Waals surface area contributed by atoms with E-state index in [0.717, 1.165) is 29.9 Å². The lowest BCUT2D eigenvalue weighted by Gasteiger charge is -2.02. The summed E-state index contributed by atoms with van der Waals surface area (Å²) in [6.45, 7) is 4.71. The van der Waals surface area contributed by atoms with Crippen LogP contribution < -0.4 is 0 Å². The molecule has 7 heteroatoms. The summed E-state index contributed by atoms with van der Waals surface area (Å²) in [7, 11) is 0. The number of ether oxygens (including phenoxy) is 2. The average Bonchev–Trinajstić information content (AvgIpc) is 2.84. The molecule has 0 unspecified atom stereocenters. The van der Waals surface area contributed by atoms with Crippen molar-refractivity contribution in [3.63, 3.8) is 0 Å². The minimum Gasteiger partial charge on any atom is -0.450 e. The molecular weight excluding hydrogens is 276 g/mol. The van der Waals surface area contributed by atoms with Crippen molar-refractivity contribution in [2.24, 2.45) is 0 Å². The maximum absolute atomic E-state index is 8.56. The van der Waals surface area contributed by atoms with E-state index in [9.17, 15) is 0 Å². The first-order valence-corrected chi connectivity index (χ1v) is 6.64. The number of para-hydroxylation sites is 2. The largest absolute Gasteiger partial charge is 0.503 e. The van der Waals surface area contributed by atoms with Gasteiger partial charge in [-0.15, -0.1) is 0 Å². The van der Waals surface area contributed by atoms with Crippen molar-refractivity contribution < 1.29 is 24.5 Å². The minimum absolute atomic E-state index is 0.647. The molecule has 116 valence electrons. The molecule has 0 aliphatic carbocycles. The first kappa shape index (κ1) is 16.9. The van der Waals surface area contributed by atoms with Gasteiger partial charge in [-0.2, -0.15) is 0 Å². The Balaban J connectivity index is 0.000000491. The van der Waals surface area contributed by atoms with Crippen molar-refractivity contribution in [3.8, 4) is 0 Å². The summed E-state index contributed by atoms with van der Waals surface area (Å²) in [5, 5.41) is 13.9. The lowest BCUT2D eigenvalue weighted by Crippen LogP contribution is -2.07. The van der Waals surface area contributed by atoms with Gasteiger partial charge < -0.3 is 24.7 Å². The first-order chi connectivity index (χ1) is 10.1. The summed E-state index contributed by atoms with van der Waals surface area (Å²) in [6, 6.07) is 8.03. The Hall–Kier alpha value is -2.12. The van der Waals surface area contributed by atoms with E-state index in [4.69, 9.17) is 24.5 Å². The predicted molar refractivity (Wildman–Crippen MR) is 77.8 cm³/mol. The van der Waals surface area contributed by atoms with E-state index in [0.29, 0.717) is 19.8 Å². The van der Waals surface area contributed by atoms with E-state index < -0.39 is 6.16 Å². The standard InChI is InChI=1S/C13H18N2O2.CH2O3/c1-2-16-9-10-17-8-7-13-14-11-5-3-4-6-12(11)15-13;2-1(3)4/h3-6H,2,7-10H2,1H3,(H,14,15);(H2,2,3,4). The second kappa shape index (κ2) is 9.73. The number of imidazole rings is 1. The molecule has 1 aromatic heterocycles. The van der Waals surface area contributed by atoms with Crippen molar-refractivity contribution in [1.29, 1.82) is 0 Å². The van der Waals surface area contributed by atoms with Gasteiger partial charge >= 0.3 is 6.16 Å². The molecule has 2 aromatic rings. The quantitative estimate of drug-likeness (QED) is 0.677. The Kier molecular flexibility index (Phi) is 7.85. The van der Waals surface area contributed by atoms with Crippen LogP contribution in [0.5, 0.6) is 0 Å². The Labute approximate surface area is 122 Å².